The van der Waals surface area contributed by atoms with Gasteiger partial charge in [-0.25, -0.2) is 0 Å². The van der Waals surface area contributed by atoms with Gasteiger partial charge in [0.25, 0.3) is 0 Å². The lowest BCUT2D eigenvalue weighted by Crippen LogP contribution is -2.30. The average molecular weight is 1110 g/mol. The van der Waals surface area contributed by atoms with Crippen LogP contribution in [-0.4, -0.2) is 37.2 Å². The monoisotopic (exact) mass is 1110 g/mol. The molecule has 0 amide bonds. The zero-order valence-electron chi connectivity index (χ0n) is 52.0. The first-order valence-corrected chi connectivity index (χ1v) is 33.2. The van der Waals surface area contributed by atoms with E-state index in [9.17, 15) is 14.4 Å². The molecule has 6 nitrogen and oxygen atoms in total. The van der Waals surface area contributed by atoms with Gasteiger partial charge in [0.05, 0.1) is 0 Å². The van der Waals surface area contributed by atoms with Gasteiger partial charge < -0.3 is 14.2 Å². The molecule has 0 radical (unpaired) electrons. The van der Waals surface area contributed by atoms with E-state index in [1.165, 1.54) is 116 Å². The summed E-state index contributed by atoms with van der Waals surface area (Å²) in [6.07, 6.45) is 94.8. The molecule has 0 aliphatic rings. The number of hydrogen-bond donors (Lipinski definition) is 0. The van der Waals surface area contributed by atoms with Crippen LogP contribution >= 0.6 is 0 Å². The summed E-state index contributed by atoms with van der Waals surface area (Å²) in [5.74, 6) is -0.952. The van der Waals surface area contributed by atoms with E-state index in [2.05, 4.69) is 154 Å². The van der Waals surface area contributed by atoms with Crippen LogP contribution in [0.3, 0.4) is 0 Å². The van der Waals surface area contributed by atoms with Crippen molar-refractivity contribution < 1.29 is 28.6 Å². The SMILES string of the molecule is CC/C=C\C/C=C\C/C=C\C/C=C\C/C=C\CCCCCCCCCCCCCCCCCCCC(=O)OCC(COC(=O)CCCCCCC/C=C\C/C=C\CCCC)OC(=O)CCCC/C=C\C/C=C\C/C=C\C/C=C\CC. The third-order valence-corrected chi connectivity index (χ3v) is 13.9. The lowest BCUT2D eigenvalue weighted by atomic mass is 10.0. The molecule has 0 bridgehead atoms. The standard InChI is InChI=1S/C74H122O6/c1-4-7-10-13-16-19-22-25-28-29-30-31-32-33-34-35-36-37-38-39-40-41-42-43-44-45-47-49-52-55-58-61-64-67-73(76)79-70-71(69-78-72(75)66-63-60-57-54-51-48-27-24-21-18-15-12-9-6-3)80-74(77)68-65-62-59-56-53-50-46-26-23-20-17-14-11-8-5-2/h7-8,10-11,15-20,24-28,30-31,33-34,46,53,56,71H,4-6,9,12-14,21-23,29,32,35-45,47-52,54-55,57-70H2,1-3H3/b10-7-,11-8-,18-15-,19-16-,20-17-,27-24-,28-25-,31-30-,34-33-,46-26-,56-53-. The second-order valence-corrected chi connectivity index (χ2v) is 21.6. The molecule has 0 aliphatic carbocycles. The molecule has 0 saturated heterocycles. The van der Waals surface area contributed by atoms with Crippen molar-refractivity contribution in [2.75, 3.05) is 13.2 Å². The van der Waals surface area contributed by atoms with Crippen LogP contribution in [0.1, 0.15) is 297 Å². The number of carbonyl (C=O) groups is 3. The minimum Gasteiger partial charge on any atom is -0.462 e. The number of esters is 3. The van der Waals surface area contributed by atoms with E-state index in [1.54, 1.807) is 0 Å². The normalized spacial score (nSPS) is 13.0. The topological polar surface area (TPSA) is 78.9 Å². The Morgan fingerprint density at radius 1 is 0.263 bits per heavy atom. The zero-order chi connectivity index (χ0) is 57.8. The zero-order valence-corrected chi connectivity index (χ0v) is 52.0. The Bertz CT molecular complexity index is 1700. The average Bonchev–Trinajstić information content (AvgIpc) is 3.46. The summed E-state index contributed by atoms with van der Waals surface area (Å²) in [4.78, 5) is 38.3. The molecule has 0 aromatic carbocycles. The summed E-state index contributed by atoms with van der Waals surface area (Å²) in [7, 11) is 0. The number of rotatable bonds is 59. The number of carbonyl (C=O) groups excluding carboxylic acids is 3. The van der Waals surface area contributed by atoms with Crippen molar-refractivity contribution in [2.45, 2.75) is 303 Å². The summed E-state index contributed by atoms with van der Waals surface area (Å²) in [5, 5.41) is 0. The van der Waals surface area contributed by atoms with Crippen molar-refractivity contribution in [3.63, 3.8) is 0 Å². The smallest absolute Gasteiger partial charge is 0.306 e. The highest BCUT2D eigenvalue weighted by Crippen LogP contribution is 2.16. The minimum absolute atomic E-state index is 0.100. The van der Waals surface area contributed by atoms with Crippen LogP contribution in [0.25, 0.3) is 0 Å². The first-order valence-electron chi connectivity index (χ1n) is 33.2. The summed E-state index contributed by atoms with van der Waals surface area (Å²) in [5.41, 5.74) is 0. The molecule has 454 valence electrons. The molecule has 80 heavy (non-hydrogen) atoms. The minimum atomic E-state index is -0.809. The Balaban J connectivity index is 4.22. The number of allylic oxidation sites excluding steroid dienone is 22. The van der Waals surface area contributed by atoms with Gasteiger partial charge in [0, 0.05) is 19.3 Å². The van der Waals surface area contributed by atoms with E-state index < -0.39 is 6.10 Å². The first-order chi connectivity index (χ1) is 39.5. The highest BCUT2D eigenvalue weighted by Gasteiger charge is 2.19. The summed E-state index contributed by atoms with van der Waals surface area (Å²) >= 11 is 0. The molecule has 0 rings (SSSR count). The fourth-order valence-electron chi connectivity index (χ4n) is 8.95. The Hall–Kier alpha value is -4.45. The molecular weight excluding hydrogens is 985 g/mol. The second kappa shape index (κ2) is 67.1. The molecular formula is C74H122O6. The molecule has 0 saturated carbocycles. The van der Waals surface area contributed by atoms with Crippen LogP contribution in [0.4, 0.5) is 0 Å². The molecule has 0 aromatic heterocycles. The molecule has 0 heterocycles. The van der Waals surface area contributed by atoms with Crippen molar-refractivity contribution in [2.24, 2.45) is 0 Å². The Morgan fingerprint density at radius 2 is 0.487 bits per heavy atom. The Kier molecular flexibility index (Phi) is 63.3. The van der Waals surface area contributed by atoms with Gasteiger partial charge in [0.15, 0.2) is 6.10 Å². The van der Waals surface area contributed by atoms with Crippen molar-refractivity contribution >= 4 is 17.9 Å². The van der Waals surface area contributed by atoms with Crippen LogP contribution in [0, 0.1) is 0 Å². The van der Waals surface area contributed by atoms with Crippen molar-refractivity contribution in [3.8, 4) is 0 Å². The predicted molar refractivity (Wildman–Crippen MR) is 348 cm³/mol. The number of ether oxygens (including phenoxy) is 3. The summed E-state index contributed by atoms with van der Waals surface area (Å²) < 4.78 is 16.9. The largest absolute Gasteiger partial charge is 0.462 e. The van der Waals surface area contributed by atoms with Crippen molar-refractivity contribution in [1.29, 1.82) is 0 Å². The Morgan fingerprint density at radius 3 is 0.787 bits per heavy atom. The molecule has 1 atom stereocenters. The number of unbranched alkanes of at least 4 members (excludes halogenated alkanes) is 26. The van der Waals surface area contributed by atoms with Gasteiger partial charge in [-0.2, -0.15) is 0 Å². The van der Waals surface area contributed by atoms with Crippen LogP contribution < -0.4 is 0 Å². The van der Waals surface area contributed by atoms with E-state index in [4.69, 9.17) is 14.2 Å². The van der Waals surface area contributed by atoms with Gasteiger partial charge in [-0.15, -0.1) is 0 Å². The van der Waals surface area contributed by atoms with E-state index in [1.807, 2.05) is 0 Å². The molecule has 0 N–H and O–H groups in total. The van der Waals surface area contributed by atoms with E-state index in [0.29, 0.717) is 19.3 Å². The van der Waals surface area contributed by atoms with Crippen LogP contribution in [0.2, 0.25) is 0 Å². The van der Waals surface area contributed by atoms with E-state index in [-0.39, 0.29) is 37.5 Å². The quantitative estimate of drug-likeness (QED) is 0.0261. The lowest BCUT2D eigenvalue weighted by Gasteiger charge is -2.18. The summed E-state index contributed by atoms with van der Waals surface area (Å²) in [6, 6.07) is 0. The highest BCUT2D eigenvalue weighted by molar-refractivity contribution is 5.71. The van der Waals surface area contributed by atoms with Crippen LogP contribution in [-0.2, 0) is 28.6 Å². The molecule has 0 fully saturated rings. The first kappa shape index (κ1) is 75.5. The van der Waals surface area contributed by atoms with Crippen molar-refractivity contribution in [1.82, 2.24) is 0 Å². The van der Waals surface area contributed by atoms with Gasteiger partial charge in [0.2, 0.25) is 0 Å². The van der Waals surface area contributed by atoms with Gasteiger partial charge in [-0.05, 0) is 128 Å². The molecule has 0 aromatic rings. The molecule has 0 aliphatic heterocycles. The second-order valence-electron chi connectivity index (χ2n) is 21.6. The third kappa shape index (κ3) is 64.4. The van der Waals surface area contributed by atoms with Crippen LogP contribution in [0.5, 0.6) is 0 Å². The maximum Gasteiger partial charge on any atom is 0.306 e. The molecule has 6 heteroatoms. The van der Waals surface area contributed by atoms with Gasteiger partial charge in [-0.3, -0.25) is 14.4 Å². The predicted octanol–water partition coefficient (Wildman–Crippen LogP) is 22.9. The fourth-order valence-corrected chi connectivity index (χ4v) is 8.95. The maximum absolute atomic E-state index is 12.9. The van der Waals surface area contributed by atoms with Gasteiger partial charge >= 0.3 is 17.9 Å². The molecule has 1 unspecified atom stereocenters. The van der Waals surface area contributed by atoms with Crippen molar-refractivity contribution in [3.05, 3.63) is 134 Å². The maximum atomic E-state index is 12.9. The van der Waals surface area contributed by atoms with Crippen LogP contribution in [0.15, 0.2) is 134 Å². The van der Waals surface area contributed by atoms with E-state index >= 15 is 0 Å². The molecule has 0 spiro atoms. The third-order valence-electron chi connectivity index (χ3n) is 13.9. The number of hydrogen-bond acceptors (Lipinski definition) is 6. The van der Waals surface area contributed by atoms with Gasteiger partial charge in [0.1, 0.15) is 13.2 Å². The fraction of sp³-hybridized carbons (Fsp3) is 0.662. The lowest BCUT2D eigenvalue weighted by molar-refractivity contribution is -0.167. The van der Waals surface area contributed by atoms with Gasteiger partial charge in [-0.1, -0.05) is 283 Å². The Labute approximate surface area is 494 Å². The summed E-state index contributed by atoms with van der Waals surface area (Å²) in [6.45, 7) is 6.34. The van der Waals surface area contributed by atoms with E-state index in [0.717, 1.165) is 135 Å². The highest BCUT2D eigenvalue weighted by atomic mass is 16.6.